The summed E-state index contributed by atoms with van der Waals surface area (Å²) in [6, 6.07) is 20.3. The zero-order valence-electron chi connectivity index (χ0n) is 9.60. The average Bonchev–Trinajstić information content (AvgIpc) is 2.90. The summed E-state index contributed by atoms with van der Waals surface area (Å²) >= 11 is 3.54. The molecule has 1 heterocycles. The second kappa shape index (κ2) is 4.78. The van der Waals surface area contributed by atoms with Crippen LogP contribution in [0.25, 0.3) is 22.5 Å². The van der Waals surface area contributed by atoms with E-state index in [4.69, 9.17) is 0 Å². The van der Waals surface area contributed by atoms with Gasteiger partial charge in [0.1, 0.15) is 0 Å². The van der Waals surface area contributed by atoms with Crippen LogP contribution in [0.3, 0.4) is 0 Å². The number of nitrogens with one attached hydrogen (secondary N) is 1. The predicted octanol–water partition coefficient (Wildman–Crippen LogP) is 4.51. The standard InChI is InChI=1S/C15H11BrN2/c16-13-9-5-4-8-12(13)15-10-14(17-18-15)11-6-2-1-3-7-11/h1-10H,(H,17,18). The Morgan fingerprint density at radius 2 is 1.61 bits per heavy atom. The van der Waals surface area contributed by atoms with Crippen LogP contribution in [0.5, 0.6) is 0 Å². The van der Waals surface area contributed by atoms with Gasteiger partial charge >= 0.3 is 0 Å². The molecule has 2 aromatic carbocycles. The fraction of sp³-hybridized carbons (Fsp3) is 0. The molecule has 2 nitrogen and oxygen atoms in total. The molecule has 3 rings (SSSR count). The third-order valence-corrected chi connectivity index (χ3v) is 3.50. The molecule has 1 aromatic heterocycles. The van der Waals surface area contributed by atoms with E-state index in [1.54, 1.807) is 0 Å². The third-order valence-electron chi connectivity index (χ3n) is 2.81. The summed E-state index contributed by atoms with van der Waals surface area (Å²) in [5, 5.41) is 7.45. The van der Waals surface area contributed by atoms with E-state index in [0.717, 1.165) is 27.0 Å². The Bertz CT molecular complexity index is 659. The van der Waals surface area contributed by atoms with E-state index in [2.05, 4.69) is 50.4 Å². The molecule has 3 heteroatoms. The first-order valence-corrected chi connectivity index (χ1v) is 6.49. The number of nitrogens with zero attached hydrogens (tertiary/aromatic N) is 1. The minimum Gasteiger partial charge on any atom is -0.277 e. The number of rotatable bonds is 2. The zero-order chi connectivity index (χ0) is 12.4. The van der Waals surface area contributed by atoms with Crippen molar-refractivity contribution in [3.8, 4) is 22.5 Å². The summed E-state index contributed by atoms with van der Waals surface area (Å²) in [5.74, 6) is 0. The highest BCUT2D eigenvalue weighted by atomic mass is 79.9. The second-order valence-corrected chi connectivity index (χ2v) is 4.87. The fourth-order valence-electron chi connectivity index (χ4n) is 1.89. The molecule has 0 spiro atoms. The smallest absolute Gasteiger partial charge is 0.0938 e. The molecule has 0 aliphatic heterocycles. The molecule has 0 atom stereocenters. The van der Waals surface area contributed by atoms with Crippen LogP contribution in [0.2, 0.25) is 0 Å². The van der Waals surface area contributed by atoms with E-state index in [0.29, 0.717) is 0 Å². The molecule has 0 aliphatic rings. The molecule has 0 saturated heterocycles. The van der Waals surface area contributed by atoms with E-state index < -0.39 is 0 Å². The largest absolute Gasteiger partial charge is 0.277 e. The number of aromatic amines is 1. The van der Waals surface area contributed by atoms with Crippen molar-refractivity contribution < 1.29 is 0 Å². The van der Waals surface area contributed by atoms with Crippen LogP contribution in [0, 0.1) is 0 Å². The Balaban J connectivity index is 2.03. The SMILES string of the molecule is Brc1ccccc1-c1cc(-c2ccccc2)[nH]n1. The number of hydrogen-bond acceptors (Lipinski definition) is 1. The van der Waals surface area contributed by atoms with E-state index >= 15 is 0 Å². The lowest BCUT2D eigenvalue weighted by Gasteiger charge is -1.98. The fourth-order valence-corrected chi connectivity index (χ4v) is 2.38. The summed E-state index contributed by atoms with van der Waals surface area (Å²) in [6.07, 6.45) is 0. The quantitative estimate of drug-likeness (QED) is 0.741. The Morgan fingerprint density at radius 1 is 0.889 bits per heavy atom. The van der Waals surface area contributed by atoms with Crippen LogP contribution in [-0.2, 0) is 0 Å². The van der Waals surface area contributed by atoms with Crippen LogP contribution in [0.15, 0.2) is 65.1 Å². The molecular weight excluding hydrogens is 288 g/mol. The van der Waals surface area contributed by atoms with Crippen molar-refractivity contribution >= 4 is 15.9 Å². The molecule has 0 unspecified atom stereocenters. The van der Waals surface area contributed by atoms with Crippen LogP contribution in [-0.4, -0.2) is 10.2 Å². The maximum absolute atomic E-state index is 4.37. The summed E-state index contributed by atoms with van der Waals surface area (Å²) < 4.78 is 1.05. The molecule has 88 valence electrons. The lowest BCUT2D eigenvalue weighted by molar-refractivity contribution is 1.10. The summed E-state index contributed by atoms with van der Waals surface area (Å²) in [4.78, 5) is 0. The van der Waals surface area contributed by atoms with Gasteiger partial charge in [-0.2, -0.15) is 5.10 Å². The number of aromatic nitrogens is 2. The van der Waals surface area contributed by atoms with E-state index in [1.807, 2.05) is 36.4 Å². The Kier molecular flexibility index (Phi) is 2.99. The summed E-state index contributed by atoms with van der Waals surface area (Å²) in [5.41, 5.74) is 4.21. The summed E-state index contributed by atoms with van der Waals surface area (Å²) in [7, 11) is 0. The van der Waals surface area contributed by atoms with Crippen molar-refractivity contribution in [3.05, 3.63) is 65.1 Å². The van der Waals surface area contributed by atoms with Gasteiger partial charge in [0.05, 0.1) is 11.4 Å². The zero-order valence-corrected chi connectivity index (χ0v) is 11.2. The van der Waals surface area contributed by atoms with Crippen LogP contribution >= 0.6 is 15.9 Å². The Hall–Kier alpha value is -1.87. The van der Waals surface area contributed by atoms with Crippen molar-refractivity contribution in [2.75, 3.05) is 0 Å². The first-order chi connectivity index (χ1) is 8.84. The topological polar surface area (TPSA) is 28.7 Å². The average molecular weight is 299 g/mol. The molecule has 0 radical (unpaired) electrons. The Morgan fingerprint density at radius 3 is 2.39 bits per heavy atom. The van der Waals surface area contributed by atoms with Gasteiger partial charge in [0.2, 0.25) is 0 Å². The lowest BCUT2D eigenvalue weighted by atomic mass is 10.1. The maximum Gasteiger partial charge on any atom is 0.0938 e. The van der Waals surface area contributed by atoms with E-state index in [9.17, 15) is 0 Å². The van der Waals surface area contributed by atoms with Crippen molar-refractivity contribution in [1.29, 1.82) is 0 Å². The monoisotopic (exact) mass is 298 g/mol. The van der Waals surface area contributed by atoms with Gasteiger partial charge in [0, 0.05) is 10.0 Å². The number of H-pyrrole nitrogens is 1. The van der Waals surface area contributed by atoms with Crippen LogP contribution in [0.1, 0.15) is 0 Å². The molecule has 0 saturated carbocycles. The number of benzene rings is 2. The molecule has 0 amide bonds. The highest BCUT2D eigenvalue weighted by molar-refractivity contribution is 9.10. The Labute approximate surface area is 114 Å². The van der Waals surface area contributed by atoms with Gasteiger partial charge in [-0.1, -0.05) is 64.5 Å². The van der Waals surface area contributed by atoms with Gasteiger partial charge in [0.25, 0.3) is 0 Å². The van der Waals surface area contributed by atoms with E-state index in [-0.39, 0.29) is 0 Å². The number of hydrogen-bond donors (Lipinski definition) is 1. The molecule has 1 N–H and O–H groups in total. The molecule has 3 aromatic rings. The van der Waals surface area contributed by atoms with Crippen LogP contribution < -0.4 is 0 Å². The molecule has 0 aliphatic carbocycles. The van der Waals surface area contributed by atoms with Gasteiger partial charge in [-0.3, -0.25) is 5.10 Å². The maximum atomic E-state index is 4.37. The normalized spacial score (nSPS) is 10.5. The minimum absolute atomic E-state index is 0.946. The highest BCUT2D eigenvalue weighted by Gasteiger charge is 2.07. The predicted molar refractivity (Wildman–Crippen MR) is 77.2 cm³/mol. The molecule has 0 bridgehead atoms. The van der Waals surface area contributed by atoms with E-state index in [1.165, 1.54) is 0 Å². The first kappa shape index (κ1) is 11.2. The molecule has 18 heavy (non-hydrogen) atoms. The molecular formula is C15H11BrN2. The number of halogens is 1. The van der Waals surface area contributed by atoms with Gasteiger partial charge in [-0.25, -0.2) is 0 Å². The van der Waals surface area contributed by atoms with Crippen molar-refractivity contribution in [2.45, 2.75) is 0 Å². The highest BCUT2D eigenvalue weighted by Crippen LogP contribution is 2.28. The van der Waals surface area contributed by atoms with Crippen molar-refractivity contribution in [3.63, 3.8) is 0 Å². The van der Waals surface area contributed by atoms with Gasteiger partial charge in [0.15, 0.2) is 0 Å². The van der Waals surface area contributed by atoms with Crippen LogP contribution in [0.4, 0.5) is 0 Å². The van der Waals surface area contributed by atoms with Gasteiger partial charge in [-0.05, 0) is 17.7 Å². The molecule has 0 fully saturated rings. The van der Waals surface area contributed by atoms with Crippen molar-refractivity contribution in [2.24, 2.45) is 0 Å². The third kappa shape index (κ3) is 2.09. The van der Waals surface area contributed by atoms with Gasteiger partial charge in [-0.15, -0.1) is 0 Å². The van der Waals surface area contributed by atoms with Gasteiger partial charge < -0.3 is 0 Å². The summed E-state index contributed by atoms with van der Waals surface area (Å²) in [6.45, 7) is 0. The van der Waals surface area contributed by atoms with Crippen molar-refractivity contribution in [1.82, 2.24) is 10.2 Å². The lowest BCUT2D eigenvalue weighted by Crippen LogP contribution is -1.78. The first-order valence-electron chi connectivity index (χ1n) is 5.70. The second-order valence-electron chi connectivity index (χ2n) is 4.01. The minimum atomic E-state index is 0.946.